The number of carbonyl (C=O) groups excluding carboxylic acids is 1. The molecule has 4 heteroatoms. The third kappa shape index (κ3) is 4.77. The minimum absolute atomic E-state index is 0.0207. The van der Waals surface area contributed by atoms with E-state index in [1.165, 1.54) is 12.8 Å². The van der Waals surface area contributed by atoms with Crippen LogP contribution in [0.25, 0.3) is 0 Å². The summed E-state index contributed by atoms with van der Waals surface area (Å²) in [6.45, 7) is 9.77. The fourth-order valence-corrected chi connectivity index (χ4v) is 2.97. The smallest absolute Gasteiger partial charge is 0.320 e. The van der Waals surface area contributed by atoms with Gasteiger partial charge in [0.05, 0.1) is 6.54 Å². The summed E-state index contributed by atoms with van der Waals surface area (Å²) in [6.07, 6.45) is 5.67. The maximum atomic E-state index is 12.1. The molecule has 1 aliphatic rings. The van der Waals surface area contributed by atoms with Gasteiger partial charge in [-0.25, -0.2) is 0 Å². The molecule has 0 aromatic carbocycles. The molecule has 4 nitrogen and oxygen atoms in total. The van der Waals surface area contributed by atoms with Gasteiger partial charge in [0.15, 0.2) is 0 Å². The van der Waals surface area contributed by atoms with Crippen molar-refractivity contribution < 1.29 is 9.53 Å². The Bertz CT molecular complexity index is 291. The van der Waals surface area contributed by atoms with E-state index in [9.17, 15) is 4.79 Å². The zero-order chi connectivity index (χ0) is 14.5. The lowest BCUT2D eigenvalue weighted by atomic mass is 9.94. The lowest BCUT2D eigenvalue weighted by Crippen LogP contribution is -2.54. The molecule has 0 aromatic rings. The highest BCUT2D eigenvalue weighted by molar-refractivity contribution is 5.72. The van der Waals surface area contributed by atoms with Crippen LogP contribution in [0.2, 0.25) is 0 Å². The van der Waals surface area contributed by atoms with Crippen molar-refractivity contribution in [2.45, 2.75) is 70.9 Å². The molecule has 0 aliphatic heterocycles. The van der Waals surface area contributed by atoms with Gasteiger partial charge in [-0.2, -0.15) is 0 Å². The first-order chi connectivity index (χ1) is 8.83. The molecular weight excluding hydrogens is 240 g/mol. The molecule has 0 radical (unpaired) electrons. The molecule has 112 valence electrons. The fraction of sp³-hybridized carbons (Fsp3) is 0.933. The summed E-state index contributed by atoms with van der Waals surface area (Å²) in [4.78, 5) is 14.3. The van der Waals surface area contributed by atoms with Gasteiger partial charge in [0, 0.05) is 12.1 Å². The second-order valence-electron chi connectivity index (χ2n) is 6.64. The summed E-state index contributed by atoms with van der Waals surface area (Å²) in [5.41, 5.74) is 5.61. The van der Waals surface area contributed by atoms with Crippen LogP contribution in [0, 0.1) is 0 Å². The van der Waals surface area contributed by atoms with E-state index in [4.69, 9.17) is 10.5 Å². The molecule has 0 saturated heterocycles. The maximum absolute atomic E-state index is 12.1. The number of hydrogen-bond acceptors (Lipinski definition) is 4. The molecule has 0 aromatic heterocycles. The van der Waals surface area contributed by atoms with E-state index >= 15 is 0 Å². The fourth-order valence-electron chi connectivity index (χ4n) is 2.97. The standard InChI is InChI=1S/C15H30N2O2/c1-5-10-17(11-13(18)19-14(2,3)4)15(12-16)8-6-7-9-15/h5-12,16H2,1-4H3. The molecule has 1 fully saturated rings. The van der Waals surface area contributed by atoms with Gasteiger partial charge in [0.1, 0.15) is 5.60 Å². The highest BCUT2D eigenvalue weighted by Crippen LogP contribution is 2.34. The van der Waals surface area contributed by atoms with E-state index in [2.05, 4.69) is 11.8 Å². The Morgan fingerprint density at radius 1 is 1.32 bits per heavy atom. The van der Waals surface area contributed by atoms with Gasteiger partial charge in [-0.05, 0) is 46.6 Å². The summed E-state index contributed by atoms with van der Waals surface area (Å²) >= 11 is 0. The van der Waals surface area contributed by atoms with Gasteiger partial charge < -0.3 is 10.5 Å². The van der Waals surface area contributed by atoms with Crippen LogP contribution in [-0.4, -0.2) is 41.6 Å². The maximum Gasteiger partial charge on any atom is 0.320 e. The molecule has 0 spiro atoms. The van der Waals surface area contributed by atoms with Crippen LogP contribution in [0.3, 0.4) is 0 Å². The van der Waals surface area contributed by atoms with Crippen molar-refractivity contribution in [2.75, 3.05) is 19.6 Å². The Morgan fingerprint density at radius 3 is 2.32 bits per heavy atom. The first-order valence-corrected chi connectivity index (χ1v) is 7.50. The number of carbonyl (C=O) groups is 1. The topological polar surface area (TPSA) is 55.6 Å². The average molecular weight is 270 g/mol. The van der Waals surface area contributed by atoms with Crippen LogP contribution in [0.4, 0.5) is 0 Å². The summed E-state index contributed by atoms with van der Waals surface area (Å²) in [5, 5.41) is 0. The SMILES string of the molecule is CCCN(CC(=O)OC(C)(C)C)C1(CN)CCCC1. The highest BCUT2D eigenvalue weighted by Gasteiger charge is 2.39. The number of nitrogens with two attached hydrogens (primary N) is 1. The van der Waals surface area contributed by atoms with Crippen molar-refractivity contribution in [2.24, 2.45) is 5.73 Å². The highest BCUT2D eigenvalue weighted by atomic mass is 16.6. The Kier molecular flexibility index (Phi) is 5.81. The van der Waals surface area contributed by atoms with Gasteiger partial charge in [0.2, 0.25) is 0 Å². The molecule has 0 bridgehead atoms. The number of hydrogen-bond donors (Lipinski definition) is 1. The van der Waals surface area contributed by atoms with Crippen molar-refractivity contribution in [3.63, 3.8) is 0 Å². The quantitative estimate of drug-likeness (QED) is 0.753. The molecule has 0 atom stereocenters. The van der Waals surface area contributed by atoms with Gasteiger partial charge >= 0.3 is 5.97 Å². The van der Waals surface area contributed by atoms with E-state index in [-0.39, 0.29) is 11.5 Å². The van der Waals surface area contributed by atoms with Crippen LogP contribution in [0.15, 0.2) is 0 Å². The first-order valence-electron chi connectivity index (χ1n) is 7.50. The molecule has 19 heavy (non-hydrogen) atoms. The van der Waals surface area contributed by atoms with Crippen LogP contribution in [0.5, 0.6) is 0 Å². The van der Waals surface area contributed by atoms with Gasteiger partial charge in [-0.3, -0.25) is 9.69 Å². The van der Waals surface area contributed by atoms with Crippen molar-refractivity contribution in [1.82, 2.24) is 4.90 Å². The summed E-state index contributed by atoms with van der Waals surface area (Å²) in [5.74, 6) is -0.138. The Morgan fingerprint density at radius 2 is 1.89 bits per heavy atom. The summed E-state index contributed by atoms with van der Waals surface area (Å²) < 4.78 is 5.44. The Labute approximate surface area is 117 Å². The van der Waals surface area contributed by atoms with Crippen LogP contribution in [-0.2, 0) is 9.53 Å². The van der Waals surface area contributed by atoms with Crippen molar-refractivity contribution >= 4 is 5.97 Å². The molecular formula is C15H30N2O2. The molecule has 0 heterocycles. The van der Waals surface area contributed by atoms with E-state index in [1.54, 1.807) is 0 Å². The number of esters is 1. The predicted molar refractivity (Wildman–Crippen MR) is 78.0 cm³/mol. The van der Waals surface area contributed by atoms with Crippen molar-refractivity contribution in [3.05, 3.63) is 0 Å². The van der Waals surface area contributed by atoms with Crippen LogP contribution in [0.1, 0.15) is 59.8 Å². The van der Waals surface area contributed by atoms with Gasteiger partial charge in [0.25, 0.3) is 0 Å². The van der Waals surface area contributed by atoms with Crippen molar-refractivity contribution in [3.8, 4) is 0 Å². The minimum atomic E-state index is -0.416. The molecule has 0 unspecified atom stereocenters. The van der Waals surface area contributed by atoms with Crippen LogP contribution >= 0.6 is 0 Å². The second-order valence-corrected chi connectivity index (χ2v) is 6.64. The number of ether oxygens (including phenoxy) is 1. The van der Waals surface area contributed by atoms with E-state index in [1.807, 2.05) is 20.8 Å². The monoisotopic (exact) mass is 270 g/mol. The molecule has 1 saturated carbocycles. The number of nitrogens with zero attached hydrogens (tertiary/aromatic N) is 1. The van der Waals surface area contributed by atoms with Crippen LogP contribution < -0.4 is 5.73 Å². The normalized spacial score (nSPS) is 18.8. The van der Waals surface area contributed by atoms with Crippen molar-refractivity contribution in [1.29, 1.82) is 0 Å². The van der Waals surface area contributed by atoms with Gasteiger partial charge in [-0.1, -0.05) is 19.8 Å². The van der Waals surface area contributed by atoms with E-state index < -0.39 is 5.60 Å². The van der Waals surface area contributed by atoms with E-state index in [0.717, 1.165) is 25.8 Å². The molecule has 1 aliphatic carbocycles. The zero-order valence-corrected chi connectivity index (χ0v) is 13.0. The third-order valence-corrected chi connectivity index (χ3v) is 3.82. The Balaban J connectivity index is 2.69. The largest absolute Gasteiger partial charge is 0.459 e. The third-order valence-electron chi connectivity index (χ3n) is 3.82. The number of rotatable bonds is 6. The summed E-state index contributed by atoms with van der Waals surface area (Å²) in [6, 6.07) is 0. The van der Waals surface area contributed by atoms with E-state index in [0.29, 0.717) is 13.1 Å². The average Bonchev–Trinajstić information content (AvgIpc) is 2.75. The zero-order valence-electron chi connectivity index (χ0n) is 13.0. The second kappa shape index (κ2) is 6.71. The lowest BCUT2D eigenvalue weighted by molar-refractivity contribution is -0.157. The minimum Gasteiger partial charge on any atom is -0.459 e. The molecule has 0 amide bonds. The Hall–Kier alpha value is -0.610. The van der Waals surface area contributed by atoms with Gasteiger partial charge in [-0.15, -0.1) is 0 Å². The lowest BCUT2D eigenvalue weighted by Gasteiger charge is -2.40. The summed E-state index contributed by atoms with van der Waals surface area (Å²) in [7, 11) is 0. The molecule has 1 rings (SSSR count). The predicted octanol–water partition coefficient (Wildman–Crippen LogP) is 2.31. The molecule has 2 N–H and O–H groups in total. The first kappa shape index (κ1) is 16.4.